The van der Waals surface area contributed by atoms with E-state index in [-0.39, 0.29) is 29.6 Å². The fourth-order valence-corrected chi connectivity index (χ4v) is 2.22. The van der Waals surface area contributed by atoms with Crippen molar-refractivity contribution in [3.63, 3.8) is 0 Å². The van der Waals surface area contributed by atoms with Crippen LogP contribution in [0.5, 0.6) is 11.5 Å². The van der Waals surface area contributed by atoms with Gasteiger partial charge >= 0.3 is 23.9 Å². The highest BCUT2D eigenvalue weighted by atomic mass is 35.5. The van der Waals surface area contributed by atoms with E-state index in [1.54, 1.807) is 14.0 Å². The second kappa shape index (κ2) is 11.1. The van der Waals surface area contributed by atoms with Gasteiger partial charge in [-0.15, -0.1) is 12.4 Å². The van der Waals surface area contributed by atoms with Crippen LogP contribution in [0.4, 0.5) is 10.5 Å². The number of benzene rings is 1. The minimum absolute atomic E-state index is 0. The summed E-state index contributed by atoms with van der Waals surface area (Å²) in [4.78, 5) is 50.1. The summed E-state index contributed by atoms with van der Waals surface area (Å²) in [5, 5.41) is 0. The lowest BCUT2D eigenvalue weighted by atomic mass is 10.2. The van der Waals surface area contributed by atoms with Gasteiger partial charge in [0, 0.05) is 33.5 Å². The quantitative estimate of drug-likeness (QED) is 0.518. The van der Waals surface area contributed by atoms with E-state index in [1.807, 2.05) is 0 Å². The number of carbonyl (C=O) groups is 4. The van der Waals surface area contributed by atoms with E-state index < -0.39 is 30.0 Å². The lowest BCUT2D eigenvalue weighted by Gasteiger charge is -2.31. The number of anilines is 1. The second-order valence-corrected chi connectivity index (χ2v) is 5.68. The highest BCUT2D eigenvalue weighted by molar-refractivity contribution is 5.98. The third-order valence-corrected chi connectivity index (χ3v) is 3.65. The van der Waals surface area contributed by atoms with Gasteiger partial charge in [0.15, 0.2) is 11.5 Å². The molecule has 0 aliphatic carbocycles. The number of hydrogen-bond donors (Lipinski definition) is 0. The van der Waals surface area contributed by atoms with Gasteiger partial charge in [0.2, 0.25) is 0 Å². The number of carbonyl (C=O) groups excluding carboxylic acids is 4. The average molecular weight is 417 g/mol. The van der Waals surface area contributed by atoms with E-state index in [0.717, 1.165) is 0 Å². The van der Waals surface area contributed by atoms with Crippen molar-refractivity contribution in [2.75, 3.05) is 25.6 Å². The molecule has 2 amide bonds. The number of hydrogen-bond acceptors (Lipinski definition) is 7. The van der Waals surface area contributed by atoms with Gasteiger partial charge in [0.05, 0.1) is 12.8 Å². The summed E-state index contributed by atoms with van der Waals surface area (Å²) < 4.78 is 14.8. The predicted octanol–water partition coefficient (Wildman–Crippen LogP) is 2.40. The van der Waals surface area contributed by atoms with E-state index >= 15 is 0 Å². The molecule has 9 nitrogen and oxygen atoms in total. The first-order chi connectivity index (χ1) is 12.6. The summed E-state index contributed by atoms with van der Waals surface area (Å²) in [5.41, 5.74) is 0.269. The van der Waals surface area contributed by atoms with Crippen molar-refractivity contribution in [1.82, 2.24) is 4.90 Å². The molecule has 1 aromatic carbocycles. The monoisotopic (exact) mass is 416 g/mol. The van der Waals surface area contributed by atoms with E-state index in [1.165, 1.54) is 55.9 Å². The standard InChI is InChI=1S/C18H24N2O7.ClH/c1-7-19(5)18(24)20(11(2)17(23)25-6)14-8-9-15(26-12(3)21)16(10-14)27-13(4)22;/h8-11H,7H2,1-6H3;1H. The molecule has 0 bridgehead atoms. The van der Waals surface area contributed by atoms with Gasteiger partial charge in [-0.05, 0) is 26.0 Å². The van der Waals surface area contributed by atoms with Crippen molar-refractivity contribution < 1.29 is 33.4 Å². The Morgan fingerprint density at radius 1 is 1.04 bits per heavy atom. The fourth-order valence-electron chi connectivity index (χ4n) is 2.22. The summed E-state index contributed by atoms with van der Waals surface area (Å²) in [7, 11) is 2.80. The van der Waals surface area contributed by atoms with Gasteiger partial charge in [0.25, 0.3) is 0 Å². The molecule has 0 N–H and O–H groups in total. The van der Waals surface area contributed by atoms with Crippen LogP contribution in [0.1, 0.15) is 27.7 Å². The third kappa shape index (κ3) is 6.41. The van der Waals surface area contributed by atoms with Crippen molar-refractivity contribution >= 4 is 42.0 Å². The van der Waals surface area contributed by atoms with Crippen molar-refractivity contribution in [2.45, 2.75) is 33.7 Å². The van der Waals surface area contributed by atoms with Crippen molar-refractivity contribution in [1.29, 1.82) is 0 Å². The average Bonchev–Trinajstić information content (AvgIpc) is 2.61. The number of halogens is 1. The van der Waals surface area contributed by atoms with Crippen LogP contribution in [0.2, 0.25) is 0 Å². The normalized spacial score (nSPS) is 10.8. The van der Waals surface area contributed by atoms with Crippen LogP contribution in [-0.4, -0.2) is 55.6 Å². The predicted molar refractivity (Wildman–Crippen MR) is 104 cm³/mol. The molecule has 1 atom stereocenters. The molecular weight excluding hydrogens is 392 g/mol. The Labute approximate surface area is 169 Å². The van der Waals surface area contributed by atoms with Gasteiger partial charge in [-0.1, -0.05) is 0 Å². The Kier molecular flexibility index (Phi) is 10.0. The maximum atomic E-state index is 12.8. The Balaban J connectivity index is 0.00000729. The summed E-state index contributed by atoms with van der Waals surface area (Å²) >= 11 is 0. The minimum atomic E-state index is -0.943. The van der Waals surface area contributed by atoms with Gasteiger partial charge in [-0.2, -0.15) is 0 Å². The van der Waals surface area contributed by atoms with Gasteiger partial charge in [-0.3, -0.25) is 14.5 Å². The molecule has 1 aromatic rings. The third-order valence-electron chi connectivity index (χ3n) is 3.65. The Hall–Kier alpha value is -2.81. The summed E-state index contributed by atoms with van der Waals surface area (Å²) in [6.07, 6.45) is 0. The molecule has 0 aliphatic heterocycles. The highest BCUT2D eigenvalue weighted by Gasteiger charge is 2.31. The molecule has 0 saturated carbocycles. The molecule has 1 unspecified atom stereocenters. The molecule has 0 heterocycles. The van der Waals surface area contributed by atoms with Crippen LogP contribution in [0.3, 0.4) is 0 Å². The SMILES string of the molecule is CCN(C)C(=O)N(c1ccc(OC(C)=O)c(OC(C)=O)c1)C(C)C(=O)OC.Cl. The molecule has 10 heteroatoms. The van der Waals surface area contributed by atoms with Crippen LogP contribution in [-0.2, 0) is 19.1 Å². The zero-order chi connectivity index (χ0) is 20.7. The van der Waals surface area contributed by atoms with E-state index in [4.69, 9.17) is 14.2 Å². The number of nitrogens with zero attached hydrogens (tertiary/aromatic N) is 2. The molecule has 0 fully saturated rings. The molecule has 28 heavy (non-hydrogen) atoms. The second-order valence-electron chi connectivity index (χ2n) is 5.68. The first-order valence-corrected chi connectivity index (χ1v) is 8.25. The van der Waals surface area contributed by atoms with Gasteiger partial charge in [-0.25, -0.2) is 9.59 Å². The van der Waals surface area contributed by atoms with Crippen LogP contribution in [0, 0.1) is 0 Å². The van der Waals surface area contributed by atoms with E-state index in [0.29, 0.717) is 6.54 Å². The molecule has 0 aromatic heterocycles. The number of methoxy groups -OCH3 is 1. The summed E-state index contributed by atoms with van der Waals surface area (Å²) in [6.45, 7) is 6.10. The van der Waals surface area contributed by atoms with Crippen LogP contribution < -0.4 is 14.4 Å². The van der Waals surface area contributed by atoms with Gasteiger partial charge in [0.1, 0.15) is 6.04 Å². The molecule has 156 valence electrons. The molecular formula is C18H25ClN2O7. The Bertz CT molecular complexity index is 739. The minimum Gasteiger partial charge on any atom is -0.467 e. The molecule has 0 radical (unpaired) electrons. The van der Waals surface area contributed by atoms with Crippen LogP contribution in [0.15, 0.2) is 18.2 Å². The first kappa shape index (κ1) is 25.2. The van der Waals surface area contributed by atoms with E-state index in [9.17, 15) is 19.2 Å². The largest absolute Gasteiger partial charge is 0.467 e. The Morgan fingerprint density at radius 2 is 1.57 bits per heavy atom. The number of esters is 3. The topological polar surface area (TPSA) is 102 Å². The Morgan fingerprint density at radius 3 is 2.04 bits per heavy atom. The maximum Gasteiger partial charge on any atom is 0.328 e. The number of rotatable bonds is 6. The van der Waals surface area contributed by atoms with Crippen LogP contribution in [0.25, 0.3) is 0 Å². The lowest BCUT2D eigenvalue weighted by molar-refractivity contribution is -0.141. The zero-order valence-electron chi connectivity index (χ0n) is 16.7. The number of ether oxygens (including phenoxy) is 3. The molecule has 0 spiro atoms. The highest BCUT2D eigenvalue weighted by Crippen LogP contribution is 2.33. The zero-order valence-corrected chi connectivity index (χ0v) is 17.5. The maximum absolute atomic E-state index is 12.8. The fraction of sp³-hybridized carbons (Fsp3) is 0.444. The molecule has 1 rings (SSSR count). The van der Waals surface area contributed by atoms with E-state index in [2.05, 4.69) is 0 Å². The number of urea groups is 1. The van der Waals surface area contributed by atoms with Crippen molar-refractivity contribution in [3.05, 3.63) is 18.2 Å². The smallest absolute Gasteiger partial charge is 0.328 e. The van der Waals surface area contributed by atoms with Crippen molar-refractivity contribution in [2.24, 2.45) is 0 Å². The van der Waals surface area contributed by atoms with Gasteiger partial charge < -0.3 is 19.1 Å². The summed E-state index contributed by atoms with van der Waals surface area (Å²) in [5.74, 6) is -1.89. The summed E-state index contributed by atoms with van der Waals surface area (Å²) in [6, 6.07) is 2.81. The molecule has 0 saturated heterocycles. The number of amides is 2. The first-order valence-electron chi connectivity index (χ1n) is 8.25. The van der Waals surface area contributed by atoms with Crippen molar-refractivity contribution in [3.8, 4) is 11.5 Å². The molecule has 0 aliphatic rings. The van der Waals surface area contributed by atoms with Crippen LogP contribution >= 0.6 is 12.4 Å². The lowest BCUT2D eigenvalue weighted by Crippen LogP contribution is -2.49.